The van der Waals surface area contributed by atoms with Gasteiger partial charge in [0.15, 0.2) is 0 Å². The summed E-state index contributed by atoms with van der Waals surface area (Å²) in [4.78, 5) is 29.9. The van der Waals surface area contributed by atoms with Gasteiger partial charge in [-0.15, -0.1) is 0 Å². The van der Waals surface area contributed by atoms with E-state index in [4.69, 9.17) is 4.74 Å². The van der Waals surface area contributed by atoms with Crippen LogP contribution in [0.1, 0.15) is 13.8 Å². The third-order valence-corrected chi connectivity index (χ3v) is 4.24. The van der Waals surface area contributed by atoms with E-state index in [2.05, 4.69) is 4.90 Å². The molecule has 0 saturated carbocycles. The number of benzene rings is 1. The Bertz CT molecular complexity index is 533. The van der Waals surface area contributed by atoms with Gasteiger partial charge in [-0.1, -0.05) is 0 Å². The summed E-state index contributed by atoms with van der Waals surface area (Å²) in [6.07, 6.45) is 0. The van der Waals surface area contributed by atoms with Gasteiger partial charge in [-0.05, 0) is 38.1 Å². The SMILES string of the molecule is CCN(CC)C(=O)C(=O)N1CCN(c2ccc(OC)cc2)CC1. The normalized spacial score (nSPS) is 14.6. The van der Waals surface area contributed by atoms with E-state index < -0.39 is 5.91 Å². The second-order valence-corrected chi connectivity index (χ2v) is 5.45. The Morgan fingerprint density at radius 3 is 2.09 bits per heavy atom. The number of ether oxygens (including phenoxy) is 1. The number of methoxy groups -OCH3 is 1. The van der Waals surface area contributed by atoms with Gasteiger partial charge in [0.05, 0.1) is 7.11 Å². The molecule has 2 amide bonds. The topological polar surface area (TPSA) is 53.1 Å². The molecule has 0 unspecified atom stereocenters. The molecule has 1 aliphatic heterocycles. The van der Waals surface area contributed by atoms with Crippen molar-refractivity contribution in [3.05, 3.63) is 24.3 Å². The molecule has 1 aliphatic rings. The molecule has 23 heavy (non-hydrogen) atoms. The first kappa shape index (κ1) is 17.1. The van der Waals surface area contributed by atoms with Crippen LogP contribution in [0.3, 0.4) is 0 Å². The van der Waals surface area contributed by atoms with Gasteiger partial charge in [-0.25, -0.2) is 0 Å². The highest BCUT2D eigenvalue weighted by Crippen LogP contribution is 2.20. The standard InChI is InChI=1S/C17H25N3O3/c1-4-18(5-2)16(21)17(22)20-12-10-19(11-13-20)14-6-8-15(23-3)9-7-14/h6-9H,4-5,10-13H2,1-3H3. The van der Waals surface area contributed by atoms with Crippen LogP contribution in [0, 0.1) is 0 Å². The zero-order valence-electron chi connectivity index (χ0n) is 14.1. The molecule has 1 aromatic rings. The fourth-order valence-corrected chi connectivity index (χ4v) is 2.74. The van der Waals surface area contributed by atoms with Gasteiger partial charge in [0, 0.05) is 45.0 Å². The summed E-state index contributed by atoms with van der Waals surface area (Å²) < 4.78 is 5.16. The molecule has 1 saturated heterocycles. The Balaban J connectivity index is 1.92. The predicted molar refractivity (Wildman–Crippen MR) is 89.7 cm³/mol. The van der Waals surface area contributed by atoms with Crippen LogP contribution in [0.4, 0.5) is 5.69 Å². The molecule has 0 radical (unpaired) electrons. The minimum atomic E-state index is -0.395. The van der Waals surface area contributed by atoms with Crippen LogP contribution in [0.15, 0.2) is 24.3 Å². The van der Waals surface area contributed by atoms with Crippen LogP contribution in [0.5, 0.6) is 5.75 Å². The fourth-order valence-electron chi connectivity index (χ4n) is 2.74. The smallest absolute Gasteiger partial charge is 0.312 e. The van der Waals surface area contributed by atoms with Crippen molar-refractivity contribution in [1.29, 1.82) is 0 Å². The maximum Gasteiger partial charge on any atom is 0.312 e. The van der Waals surface area contributed by atoms with Crippen molar-refractivity contribution in [2.24, 2.45) is 0 Å². The van der Waals surface area contributed by atoms with Crippen molar-refractivity contribution in [2.75, 3.05) is 51.3 Å². The zero-order chi connectivity index (χ0) is 16.8. The maximum absolute atomic E-state index is 12.3. The van der Waals surface area contributed by atoms with Crippen molar-refractivity contribution in [1.82, 2.24) is 9.80 Å². The van der Waals surface area contributed by atoms with Crippen LogP contribution in [-0.4, -0.2) is 68.0 Å². The van der Waals surface area contributed by atoms with Crippen molar-refractivity contribution < 1.29 is 14.3 Å². The average molecular weight is 319 g/mol. The summed E-state index contributed by atoms with van der Waals surface area (Å²) >= 11 is 0. The quantitative estimate of drug-likeness (QED) is 0.783. The van der Waals surface area contributed by atoms with Gasteiger partial charge in [0.25, 0.3) is 0 Å². The Hall–Kier alpha value is -2.24. The van der Waals surface area contributed by atoms with Gasteiger partial charge >= 0.3 is 11.8 Å². The monoisotopic (exact) mass is 319 g/mol. The van der Waals surface area contributed by atoms with E-state index in [9.17, 15) is 9.59 Å². The number of likely N-dealkylation sites (N-methyl/N-ethyl adjacent to an activating group) is 1. The summed E-state index contributed by atoms with van der Waals surface area (Å²) in [5.41, 5.74) is 1.10. The lowest BCUT2D eigenvalue weighted by atomic mass is 10.2. The molecular formula is C17H25N3O3. The van der Waals surface area contributed by atoms with Gasteiger partial charge in [-0.3, -0.25) is 9.59 Å². The zero-order valence-corrected chi connectivity index (χ0v) is 14.1. The van der Waals surface area contributed by atoms with Crippen molar-refractivity contribution in [3.63, 3.8) is 0 Å². The molecule has 0 spiro atoms. The molecule has 6 nitrogen and oxygen atoms in total. The largest absolute Gasteiger partial charge is 0.497 e. The highest BCUT2D eigenvalue weighted by molar-refractivity contribution is 6.34. The Morgan fingerprint density at radius 1 is 1.04 bits per heavy atom. The third-order valence-electron chi connectivity index (χ3n) is 4.24. The van der Waals surface area contributed by atoms with Gasteiger partial charge in [0.1, 0.15) is 5.75 Å². The first-order valence-electron chi connectivity index (χ1n) is 8.07. The van der Waals surface area contributed by atoms with Crippen LogP contribution in [0.25, 0.3) is 0 Å². The van der Waals surface area contributed by atoms with Gasteiger partial charge in [-0.2, -0.15) is 0 Å². The molecular weight excluding hydrogens is 294 g/mol. The van der Waals surface area contributed by atoms with Crippen molar-refractivity contribution in [2.45, 2.75) is 13.8 Å². The van der Waals surface area contributed by atoms with Crippen LogP contribution in [0.2, 0.25) is 0 Å². The lowest BCUT2D eigenvalue weighted by Gasteiger charge is -2.36. The van der Waals surface area contributed by atoms with Crippen molar-refractivity contribution >= 4 is 17.5 Å². The van der Waals surface area contributed by atoms with E-state index in [1.165, 1.54) is 0 Å². The lowest BCUT2D eigenvalue weighted by Crippen LogP contribution is -2.53. The number of anilines is 1. The van der Waals surface area contributed by atoms with Crippen LogP contribution < -0.4 is 9.64 Å². The summed E-state index contributed by atoms with van der Waals surface area (Å²) in [6.45, 7) is 7.48. The van der Waals surface area contributed by atoms with E-state index >= 15 is 0 Å². The highest BCUT2D eigenvalue weighted by atomic mass is 16.5. The number of carbonyl (C=O) groups is 2. The van der Waals surface area contributed by atoms with E-state index in [1.807, 2.05) is 38.1 Å². The first-order valence-corrected chi connectivity index (χ1v) is 8.07. The minimum absolute atomic E-state index is 0.386. The summed E-state index contributed by atoms with van der Waals surface area (Å²) in [6, 6.07) is 7.88. The molecule has 0 N–H and O–H groups in total. The number of nitrogens with zero attached hydrogens (tertiary/aromatic N) is 3. The first-order chi connectivity index (χ1) is 11.1. The molecule has 1 heterocycles. The van der Waals surface area contributed by atoms with Crippen molar-refractivity contribution in [3.8, 4) is 5.75 Å². The maximum atomic E-state index is 12.3. The molecule has 0 aromatic heterocycles. The number of hydrogen-bond acceptors (Lipinski definition) is 4. The summed E-state index contributed by atoms with van der Waals surface area (Å²) in [5, 5.41) is 0. The molecule has 0 atom stereocenters. The Labute approximate surface area is 137 Å². The lowest BCUT2D eigenvalue weighted by molar-refractivity contribution is -0.151. The second-order valence-electron chi connectivity index (χ2n) is 5.45. The van der Waals surface area contributed by atoms with Crippen LogP contribution >= 0.6 is 0 Å². The fraction of sp³-hybridized carbons (Fsp3) is 0.529. The number of carbonyl (C=O) groups excluding carboxylic acids is 2. The predicted octanol–water partition coefficient (Wildman–Crippen LogP) is 1.21. The van der Waals surface area contributed by atoms with Gasteiger partial charge < -0.3 is 19.4 Å². The number of amides is 2. The van der Waals surface area contributed by atoms with Gasteiger partial charge in [0.2, 0.25) is 0 Å². The van der Waals surface area contributed by atoms with E-state index in [0.29, 0.717) is 26.2 Å². The van der Waals surface area contributed by atoms with E-state index in [-0.39, 0.29) is 5.91 Å². The van der Waals surface area contributed by atoms with E-state index in [1.54, 1.807) is 16.9 Å². The summed E-state index contributed by atoms with van der Waals surface area (Å²) in [7, 11) is 1.65. The second kappa shape index (κ2) is 7.85. The molecule has 126 valence electrons. The molecule has 1 fully saturated rings. The Morgan fingerprint density at radius 2 is 1.61 bits per heavy atom. The number of rotatable bonds is 4. The molecule has 2 rings (SSSR count). The van der Waals surface area contributed by atoms with E-state index in [0.717, 1.165) is 24.5 Å². The third kappa shape index (κ3) is 3.94. The molecule has 0 aliphatic carbocycles. The summed E-state index contributed by atoms with van der Waals surface area (Å²) in [5.74, 6) is 0.0448. The average Bonchev–Trinajstić information content (AvgIpc) is 2.62. The molecule has 6 heteroatoms. The minimum Gasteiger partial charge on any atom is -0.497 e. The number of piperazine rings is 1. The molecule has 1 aromatic carbocycles. The highest BCUT2D eigenvalue weighted by Gasteiger charge is 2.28. The van der Waals surface area contributed by atoms with Crippen LogP contribution in [-0.2, 0) is 9.59 Å². The molecule has 0 bridgehead atoms. The Kier molecular flexibility index (Phi) is 5.84. The number of hydrogen-bond donors (Lipinski definition) is 0.